The highest BCUT2D eigenvalue weighted by molar-refractivity contribution is 5.72. The maximum absolute atomic E-state index is 11.0. The zero-order valence-corrected chi connectivity index (χ0v) is 12.7. The summed E-state index contributed by atoms with van der Waals surface area (Å²) < 4.78 is 5.57. The van der Waals surface area contributed by atoms with Crippen LogP contribution in [0.1, 0.15) is 26.7 Å². The second-order valence-electron chi connectivity index (χ2n) is 5.48. The van der Waals surface area contributed by atoms with Gasteiger partial charge in [-0.3, -0.25) is 25.7 Å². The molecule has 0 bridgehead atoms. The van der Waals surface area contributed by atoms with Gasteiger partial charge in [0.1, 0.15) is 11.3 Å². The van der Waals surface area contributed by atoms with Crippen LogP contribution in [0.15, 0.2) is 35.1 Å². The Hall–Kier alpha value is -2.97. The molecule has 0 aromatic heterocycles. The van der Waals surface area contributed by atoms with Gasteiger partial charge in [-0.15, -0.1) is 0 Å². The van der Waals surface area contributed by atoms with E-state index in [4.69, 9.17) is 4.74 Å². The number of ether oxygens (including phenoxy) is 1. The van der Waals surface area contributed by atoms with E-state index < -0.39 is 21.1 Å². The first-order valence-electron chi connectivity index (χ1n) is 6.87. The van der Waals surface area contributed by atoms with Gasteiger partial charge in [0.15, 0.2) is 0 Å². The van der Waals surface area contributed by atoms with Crippen molar-refractivity contribution < 1.29 is 14.6 Å². The van der Waals surface area contributed by atoms with Crippen molar-refractivity contribution in [2.24, 2.45) is 5.10 Å². The summed E-state index contributed by atoms with van der Waals surface area (Å²) in [7, 11) is 0. The summed E-state index contributed by atoms with van der Waals surface area (Å²) in [5.74, 6) is 0. The van der Waals surface area contributed by atoms with Crippen molar-refractivity contribution in [2.75, 3.05) is 5.43 Å². The number of non-ortho nitro benzene ring substituents is 1. The number of allylic oxidation sites excluding steroid dienone is 1. The lowest BCUT2D eigenvalue weighted by atomic mass is 9.96. The van der Waals surface area contributed by atoms with Crippen LogP contribution in [0, 0.1) is 20.2 Å². The van der Waals surface area contributed by atoms with Crippen LogP contribution in [0.4, 0.5) is 17.1 Å². The number of hydrogen-bond acceptors (Lipinski definition) is 7. The zero-order valence-electron chi connectivity index (χ0n) is 12.7. The number of anilines is 1. The van der Waals surface area contributed by atoms with Crippen molar-refractivity contribution in [1.82, 2.24) is 0 Å². The van der Waals surface area contributed by atoms with Gasteiger partial charge >= 0.3 is 5.69 Å². The van der Waals surface area contributed by atoms with Crippen molar-refractivity contribution in [2.45, 2.75) is 32.3 Å². The van der Waals surface area contributed by atoms with Gasteiger partial charge in [-0.25, -0.2) is 0 Å². The maximum atomic E-state index is 11.0. The minimum Gasteiger partial charge on any atom is -0.489 e. The molecule has 0 aliphatic carbocycles. The van der Waals surface area contributed by atoms with Gasteiger partial charge in [-0.2, -0.15) is 5.10 Å². The van der Waals surface area contributed by atoms with Crippen LogP contribution in [0.3, 0.4) is 0 Å². The molecule has 1 atom stereocenters. The number of hydrazone groups is 1. The molecular formula is C14H16N4O5. The summed E-state index contributed by atoms with van der Waals surface area (Å²) in [6.45, 7) is 3.82. The third-order valence-electron chi connectivity index (χ3n) is 3.46. The Kier molecular flexibility index (Phi) is 4.58. The van der Waals surface area contributed by atoms with Crippen LogP contribution < -0.4 is 5.43 Å². The third kappa shape index (κ3) is 4.02. The van der Waals surface area contributed by atoms with Crippen molar-refractivity contribution in [3.05, 3.63) is 50.3 Å². The fraction of sp³-hybridized carbons (Fsp3) is 0.357. The van der Waals surface area contributed by atoms with Crippen LogP contribution in [-0.4, -0.2) is 21.7 Å². The first kappa shape index (κ1) is 16.4. The summed E-state index contributed by atoms with van der Waals surface area (Å²) in [4.78, 5) is 20.3. The van der Waals surface area contributed by atoms with Crippen LogP contribution in [0.5, 0.6) is 0 Å². The van der Waals surface area contributed by atoms with Crippen molar-refractivity contribution >= 4 is 23.3 Å². The lowest BCUT2D eigenvalue weighted by Gasteiger charge is -2.28. The lowest BCUT2D eigenvalue weighted by molar-refractivity contribution is -0.393. The first-order chi connectivity index (χ1) is 10.8. The van der Waals surface area contributed by atoms with E-state index in [1.807, 2.05) is 13.8 Å². The number of nitrogens with zero attached hydrogens (tertiary/aromatic N) is 3. The molecule has 1 aromatic rings. The minimum absolute atomic E-state index is 0.0722. The van der Waals surface area contributed by atoms with Crippen LogP contribution >= 0.6 is 0 Å². The minimum atomic E-state index is -0.699. The summed E-state index contributed by atoms with van der Waals surface area (Å²) in [6, 6.07) is 3.32. The van der Waals surface area contributed by atoms with E-state index in [0.29, 0.717) is 0 Å². The second-order valence-corrected chi connectivity index (χ2v) is 5.48. The van der Waals surface area contributed by atoms with Gasteiger partial charge in [-0.05, 0) is 38.3 Å². The smallest absolute Gasteiger partial charge is 0.301 e. The van der Waals surface area contributed by atoms with E-state index in [0.717, 1.165) is 24.5 Å². The number of hydrogen-bond donors (Lipinski definition) is 1. The molecule has 1 heterocycles. The molecule has 0 radical (unpaired) electrons. The van der Waals surface area contributed by atoms with E-state index in [-0.39, 0.29) is 11.4 Å². The van der Waals surface area contributed by atoms with Crippen LogP contribution in [0.2, 0.25) is 0 Å². The number of benzene rings is 1. The Morgan fingerprint density at radius 1 is 1.35 bits per heavy atom. The predicted octanol–water partition coefficient (Wildman–Crippen LogP) is 3.37. The Balaban J connectivity index is 2.15. The van der Waals surface area contributed by atoms with Gasteiger partial charge in [0.25, 0.3) is 5.69 Å². The van der Waals surface area contributed by atoms with Crippen molar-refractivity contribution in [1.29, 1.82) is 0 Å². The molecule has 0 spiro atoms. The molecule has 2 rings (SSSR count). The Labute approximate surface area is 131 Å². The normalized spacial score (nSPS) is 20.7. The highest BCUT2D eigenvalue weighted by Crippen LogP contribution is 2.29. The molecule has 1 N–H and O–H groups in total. The quantitative estimate of drug-likeness (QED) is 0.504. The summed E-state index contributed by atoms with van der Waals surface area (Å²) in [6.07, 6.45) is 4.81. The van der Waals surface area contributed by atoms with Crippen LogP contribution in [-0.2, 0) is 4.74 Å². The van der Waals surface area contributed by atoms with E-state index in [1.165, 1.54) is 18.3 Å². The predicted molar refractivity (Wildman–Crippen MR) is 84.3 cm³/mol. The summed E-state index contributed by atoms with van der Waals surface area (Å²) in [5.41, 5.74) is 2.39. The number of nitrogens with one attached hydrogen (secondary N) is 1. The number of nitro benzene ring substituents is 2. The highest BCUT2D eigenvalue weighted by Gasteiger charge is 2.26. The average Bonchev–Trinajstić information content (AvgIpc) is 2.50. The monoisotopic (exact) mass is 320 g/mol. The molecule has 9 nitrogen and oxygen atoms in total. The Morgan fingerprint density at radius 2 is 2.09 bits per heavy atom. The van der Waals surface area contributed by atoms with Gasteiger partial charge in [0.2, 0.25) is 0 Å². The lowest BCUT2D eigenvalue weighted by Crippen LogP contribution is -2.31. The fourth-order valence-corrected chi connectivity index (χ4v) is 2.01. The molecule has 0 fully saturated rings. The molecule has 0 amide bonds. The molecule has 1 unspecified atom stereocenters. The van der Waals surface area contributed by atoms with Gasteiger partial charge in [0, 0.05) is 6.07 Å². The first-order valence-corrected chi connectivity index (χ1v) is 6.87. The highest BCUT2D eigenvalue weighted by atomic mass is 16.6. The van der Waals surface area contributed by atoms with E-state index in [2.05, 4.69) is 10.5 Å². The van der Waals surface area contributed by atoms with Gasteiger partial charge < -0.3 is 4.74 Å². The standard InChI is InChI=1S/C14H16N4O5/c1-10-5-6-14(2,23-8-10)9-15-16-12-4-3-11(17(19)20)7-13(12)18(21)22/h3-4,7-9,16H,5-6H2,1-2H3. The van der Waals surface area contributed by atoms with Crippen molar-refractivity contribution in [3.8, 4) is 0 Å². The molecule has 1 aliphatic heterocycles. The average molecular weight is 320 g/mol. The van der Waals surface area contributed by atoms with E-state index >= 15 is 0 Å². The van der Waals surface area contributed by atoms with E-state index in [9.17, 15) is 20.2 Å². The maximum Gasteiger partial charge on any atom is 0.301 e. The largest absolute Gasteiger partial charge is 0.489 e. The van der Waals surface area contributed by atoms with Crippen LogP contribution in [0.25, 0.3) is 0 Å². The third-order valence-corrected chi connectivity index (χ3v) is 3.46. The molecular weight excluding hydrogens is 304 g/mol. The number of rotatable bonds is 5. The fourth-order valence-electron chi connectivity index (χ4n) is 2.01. The zero-order chi connectivity index (χ0) is 17.0. The SMILES string of the molecule is CC1=COC(C)(C=NNc2ccc([N+](=O)[O-])cc2[N+](=O)[O-])CC1. The summed E-state index contributed by atoms with van der Waals surface area (Å²) >= 11 is 0. The molecule has 23 heavy (non-hydrogen) atoms. The Morgan fingerprint density at radius 3 is 2.65 bits per heavy atom. The molecule has 0 saturated carbocycles. The van der Waals surface area contributed by atoms with E-state index in [1.54, 1.807) is 6.26 Å². The number of nitro groups is 2. The molecule has 9 heteroatoms. The summed E-state index contributed by atoms with van der Waals surface area (Å²) in [5, 5.41) is 25.7. The van der Waals surface area contributed by atoms with Gasteiger partial charge in [0.05, 0.1) is 28.4 Å². The van der Waals surface area contributed by atoms with Gasteiger partial charge in [-0.1, -0.05) is 0 Å². The molecule has 0 saturated heterocycles. The topological polar surface area (TPSA) is 120 Å². The van der Waals surface area contributed by atoms with Crippen molar-refractivity contribution in [3.63, 3.8) is 0 Å². The molecule has 122 valence electrons. The Bertz CT molecular complexity index is 700. The molecule has 1 aromatic carbocycles. The second kappa shape index (κ2) is 6.42. The molecule has 1 aliphatic rings.